The van der Waals surface area contributed by atoms with Crippen LogP contribution in [0.2, 0.25) is 5.02 Å². The lowest BCUT2D eigenvalue weighted by atomic mass is 10.1. The van der Waals surface area contributed by atoms with E-state index >= 15 is 0 Å². The molecule has 1 aromatic rings. The van der Waals surface area contributed by atoms with E-state index < -0.39 is 0 Å². The Morgan fingerprint density at radius 2 is 1.87 bits per heavy atom. The van der Waals surface area contributed by atoms with E-state index in [4.69, 9.17) is 11.6 Å². The molecule has 0 amide bonds. The molecule has 0 saturated heterocycles. The van der Waals surface area contributed by atoms with Crippen LogP contribution < -0.4 is 5.32 Å². The third-order valence-electron chi connectivity index (χ3n) is 2.38. The molecule has 1 aromatic carbocycles. The van der Waals surface area contributed by atoms with E-state index in [1.165, 1.54) is 5.56 Å². The van der Waals surface area contributed by atoms with Crippen LogP contribution in [0, 0.1) is 0 Å². The Balaban J connectivity index is 2.40. The molecule has 15 heavy (non-hydrogen) atoms. The van der Waals surface area contributed by atoms with Crippen molar-refractivity contribution in [2.75, 3.05) is 27.2 Å². The molecular weight excluding hydrogens is 208 g/mol. The lowest BCUT2D eigenvalue weighted by Crippen LogP contribution is -2.28. The van der Waals surface area contributed by atoms with Crippen molar-refractivity contribution in [3.63, 3.8) is 0 Å². The highest BCUT2D eigenvalue weighted by atomic mass is 35.5. The summed E-state index contributed by atoms with van der Waals surface area (Å²) in [5.74, 6) is 0. The minimum atomic E-state index is 0.377. The average Bonchev–Trinajstić information content (AvgIpc) is 2.18. The lowest BCUT2D eigenvalue weighted by molar-refractivity contribution is 0.389. The number of hydrogen-bond acceptors (Lipinski definition) is 2. The third kappa shape index (κ3) is 4.65. The fraction of sp³-hybridized carbons (Fsp3) is 0.500. The molecule has 0 aliphatic carbocycles. The summed E-state index contributed by atoms with van der Waals surface area (Å²) < 4.78 is 0. The van der Waals surface area contributed by atoms with Crippen LogP contribution in [0.4, 0.5) is 0 Å². The fourth-order valence-corrected chi connectivity index (χ4v) is 1.50. The number of nitrogens with one attached hydrogen (secondary N) is 1. The maximum Gasteiger partial charge on any atom is 0.0406 e. The molecule has 0 aliphatic rings. The van der Waals surface area contributed by atoms with Crippen LogP contribution in [0.5, 0.6) is 0 Å². The first-order valence-corrected chi connectivity index (χ1v) is 5.61. The summed E-state index contributed by atoms with van der Waals surface area (Å²) in [7, 11) is 4.16. The third-order valence-corrected chi connectivity index (χ3v) is 2.63. The van der Waals surface area contributed by atoms with Gasteiger partial charge in [0.15, 0.2) is 0 Å². The normalized spacial score (nSPS) is 13.1. The molecule has 0 radical (unpaired) electrons. The smallest absolute Gasteiger partial charge is 0.0406 e. The number of hydrogen-bond donors (Lipinski definition) is 1. The molecule has 3 heteroatoms. The summed E-state index contributed by atoms with van der Waals surface area (Å²) in [5.41, 5.74) is 1.28. The molecular formula is C12H19ClN2. The second-order valence-corrected chi connectivity index (χ2v) is 4.47. The van der Waals surface area contributed by atoms with E-state index in [-0.39, 0.29) is 0 Å². The molecule has 1 rings (SSSR count). The zero-order chi connectivity index (χ0) is 11.3. The summed E-state index contributed by atoms with van der Waals surface area (Å²) in [4.78, 5) is 2.17. The fourth-order valence-electron chi connectivity index (χ4n) is 1.37. The summed E-state index contributed by atoms with van der Waals surface area (Å²) in [5, 5.41) is 4.26. The average molecular weight is 227 g/mol. The van der Waals surface area contributed by atoms with Gasteiger partial charge in [0.25, 0.3) is 0 Å². The second-order valence-electron chi connectivity index (χ2n) is 4.03. The first kappa shape index (κ1) is 12.5. The predicted octanol–water partition coefficient (Wildman–Crippen LogP) is 2.55. The largest absolute Gasteiger partial charge is 0.309 e. The minimum Gasteiger partial charge on any atom is -0.309 e. The molecule has 0 bridgehead atoms. The molecule has 0 unspecified atom stereocenters. The molecule has 0 aromatic heterocycles. The maximum absolute atomic E-state index is 5.84. The molecule has 1 N–H and O–H groups in total. The Kier molecular flexibility index (Phi) is 5.09. The van der Waals surface area contributed by atoms with Crippen LogP contribution >= 0.6 is 11.6 Å². The Hall–Kier alpha value is -0.570. The van der Waals surface area contributed by atoms with Crippen molar-refractivity contribution in [3.05, 3.63) is 34.9 Å². The van der Waals surface area contributed by atoms with Crippen LogP contribution in [-0.4, -0.2) is 32.1 Å². The van der Waals surface area contributed by atoms with Gasteiger partial charge in [-0.15, -0.1) is 0 Å². The van der Waals surface area contributed by atoms with Crippen LogP contribution in [0.1, 0.15) is 18.5 Å². The van der Waals surface area contributed by atoms with Crippen molar-refractivity contribution in [1.82, 2.24) is 10.2 Å². The molecule has 0 fully saturated rings. The van der Waals surface area contributed by atoms with Gasteiger partial charge in [-0.1, -0.05) is 23.7 Å². The number of rotatable bonds is 5. The molecule has 2 nitrogen and oxygen atoms in total. The van der Waals surface area contributed by atoms with Gasteiger partial charge in [-0.25, -0.2) is 0 Å². The SMILES string of the molecule is C[C@H](NCCN(C)C)c1ccc(Cl)cc1. The van der Waals surface area contributed by atoms with E-state index in [0.29, 0.717) is 6.04 Å². The quantitative estimate of drug-likeness (QED) is 0.830. The van der Waals surface area contributed by atoms with Gasteiger partial charge in [0.1, 0.15) is 0 Å². The Morgan fingerprint density at radius 1 is 1.27 bits per heavy atom. The molecule has 1 atom stereocenters. The van der Waals surface area contributed by atoms with Crippen molar-refractivity contribution in [1.29, 1.82) is 0 Å². The highest BCUT2D eigenvalue weighted by Crippen LogP contribution is 2.15. The van der Waals surface area contributed by atoms with Crippen LogP contribution in [-0.2, 0) is 0 Å². The first-order valence-electron chi connectivity index (χ1n) is 5.23. The highest BCUT2D eigenvalue weighted by molar-refractivity contribution is 6.30. The summed E-state index contributed by atoms with van der Waals surface area (Å²) >= 11 is 5.84. The number of likely N-dealkylation sites (N-methyl/N-ethyl adjacent to an activating group) is 1. The van der Waals surface area contributed by atoms with Gasteiger partial charge in [0, 0.05) is 24.2 Å². The number of nitrogens with zero attached hydrogens (tertiary/aromatic N) is 1. The van der Waals surface area contributed by atoms with E-state index in [1.807, 2.05) is 12.1 Å². The van der Waals surface area contributed by atoms with Crippen molar-refractivity contribution in [2.24, 2.45) is 0 Å². The molecule has 0 aliphatic heterocycles. The zero-order valence-electron chi connectivity index (χ0n) is 9.63. The first-order chi connectivity index (χ1) is 7.09. The number of halogens is 1. The number of benzene rings is 1. The Bertz CT molecular complexity index is 282. The van der Waals surface area contributed by atoms with E-state index in [2.05, 4.69) is 43.4 Å². The van der Waals surface area contributed by atoms with Gasteiger partial charge in [0.05, 0.1) is 0 Å². The van der Waals surface area contributed by atoms with Gasteiger partial charge in [-0.05, 0) is 38.7 Å². The van der Waals surface area contributed by atoms with E-state index in [9.17, 15) is 0 Å². The second kappa shape index (κ2) is 6.11. The monoisotopic (exact) mass is 226 g/mol. The van der Waals surface area contributed by atoms with Crippen molar-refractivity contribution in [3.8, 4) is 0 Å². The van der Waals surface area contributed by atoms with Gasteiger partial charge in [-0.2, -0.15) is 0 Å². The summed E-state index contributed by atoms with van der Waals surface area (Å²) in [6.07, 6.45) is 0. The van der Waals surface area contributed by atoms with Gasteiger partial charge >= 0.3 is 0 Å². The minimum absolute atomic E-state index is 0.377. The van der Waals surface area contributed by atoms with Crippen molar-refractivity contribution < 1.29 is 0 Å². The van der Waals surface area contributed by atoms with E-state index in [1.54, 1.807) is 0 Å². The Labute approximate surface area is 97.2 Å². The van der Waals surface area contributed by atoms with Crippen molar-refractivity contribution in [2.45, 2.75) is 13.0 Å². The molecule has 84 valence electrons. The van der Waals surface area contributed by atoms with Crippen molar-refractivity contribution >= 4 is 11.6 Å². The van der Waals surface area contributed by atoms with Crippen LogP contribution in [0.25, 0.3) is 0 Å². The standard InChI is InChI=1S/C12H19ClN2/c1-10(14-8-9-15(2)3)11-4-6-12(13)7-5-11/h4-7,10,14H,8-9H2,1-3H3/t10-/m0/s1. The van der Waals surface area contributed by atoms with Gasteiger partial charge < -0.3 is 10.2 Å². The van der Waals surface area contributed by atoms with Gasteiger partial charge in [0.2, 0.25) is 0 Å². The van der Waals surface area contributed by atoms with E-state index in [0.717, 1.165) is 18.1 Å². The lowest BCUT2D eigenvalue weighted by Gasteiger charge is -2.16. The molecule has 0 heterocycles. The van der Waals surface area contributed by atoms with Gasteiger partial charge in [-0.3, -0.25) is 0 Å². The van der Waals surface area contributed by atoms with Crippen LogP contribution in [0.15, 0.2) is 24.3 Å². The molecule has 0 saturated carbocycles. The molecule has 0 spiro atoms. The predicted molar refractivity (Wildman–Crippen MR) is 66.4 cm³/mol. The zero-order valence-corrected chi connectivity index (χ0v) is 10.4. The topological polar surface area (TPSA) is 15.3 Å². The highest BCUT2D eigenvalue weighted by Gasteiger charge is 2.03. The Morgan fingerprint density at radius 3 is 2.40 bits per heavy atom. The summed E-state index contributed by atoms with van der Waals surface area (Å²) in [6.45, 7) is 4.22. The summed E-state index contributed by atoms with van der Waals surface area (Å²) in [6, 6.07) is 8.37. The maximum atomic E-state index is 5.84. The van der Waals surface area contributed by atoms with Crippen LogP contribution in [0.3, 0.4) is 0 Å².